The fourth-order valence-corrected chi connectivity index (χ4v) is 6.63. The van der Waals surface area contributed by atoms with Crippen molar-refractivity contribution in [3.63, 3.8) is 0 Å². The Kier molecular flexibility index (Phi) is 7.84. The van der Waals surface area contributed by atoms with E-state index >= 15 is 0 Å². The van der Waals surface area contributed by atoms with Crippen molar-refractivity contribution in [1.82, 2.24) is 24.3 Å². The second-order valence-corrected chi connectivity index (χ2v) is 12.4. The van der Waals surface area contributed by atoms with Crippen LogP contribution in [-0.2, 0) is 16.1 Å². The molecule has 10 nitrogen and oxygen atoms in total. The summed E-state index contributed by atoms with van der Waals surface area (Å²) < 4.78 is 22.6. The van der Waals surface area contributed by atoms with Crippen molar-refractivity contribution in [3.8, 4) is 16.8 Å². The zero-order valence-electron chi connectivity index (χ0n) is 25.0. The number of morpholine rings is 1. The van der Waals surface area contributed by atoms with E-state index in [1.54, 1.807) is 6.07 Å². The van der Waals surface area contributed by atoms with Crippen LogP contribution in [0.15, 0.2) is 70.4 Å². The molecule has 1 amide bonds. The summed E-state index contributed by atoms with van der Waals surface area (Å²) in [5.41, 5.74) is 1.34. The van der Waals surface area contributed by atoms with Crippen molar-refractivity contribution in [1.29, 1.82) is 0 Å². The van der Waals surface area contributed by atoms with Gasteiger partial charge in [-0.1, -0.05) is 36.4 Å². The van der Waals surface area contributed by atoms with E-state index in [-0.39, 0.29) is 23.0 Å². The van der Waals surface area contributed by atoms with Crippen LogP contribution >= 0.6 is 0 Å². The molecule has 0 spiro atoms. The lowest BCUT2D eigenvalue weighted by atomic mass is 9.90. The third-order valence-electron chi connectivity index (χ3n) is 9.37. The highest BCUT2D eigenvalue weighted by molar-refractivity contribution is 5.88. The van der Waals surface area contributed by atoms with Gasteiger partial charge in [-0.2, -0.15) is 0 Å². The molecule has 2 saturated carbocycles. The quantitative estimate of drug-likeness (QED) is 0.328. The number of rotatable bonds is 7. The molecule has 1 aliphatic heterocycles. The summed E-state index contributed by atoms with van der Waals surface area (Å²) in [6.07, 6.45) is 3.99. The fraction of sp³-hybridized carbons (Fsp3) is 0.412. The van der Waals surface area contributed by atoms with Crippen molar-refractivity contribution >= 4 is 16.9 Å². The minimum absolute atomic E-state index is 0.0269. The van der Waals surface area contributed by atoms with Gasteiger partial charge in [0.05, 0.1) is 30.5 Å². The summed E-state index contributed by atoms with van der Waals surface area (Å²) in [7, 11) is 0. The summed E-state index contributed by atoms with van der Waals surface area (Å²) in [6.45, 7) is 3.89. The second-order valence-electron chi connectivity index (χ2n) is 12.4. The van der Waals surface area contributed by atoms with Gasteiger partial charge in [0.2, 0.25) is 0 Å². The first-order valence-corrected chi connectivity index (χ1v) is 15.7. The van der Waals surface area contributed by atoms with Crippen molar-refractivity contribution in [2.75, 3.05) is 26.3 Å². The molecule has 4 aromatic rings. The molecule has 7 rings (SSSR count). The number of nitrogens with one attached hydrogen (secondary N) is 1. The van der Waals surface area contributed by atoms with Crippen molar-refractivity contribution in [2.45, 2.75) is 62.8 Å². The van der Waals surface area contributed by atoms with Crippen molar-refractivity contribution in [3.05, 3.63) is 93.0 Å². The number of ether oxygens (including phenoxy) is 1. The zero-order valence-corrected chi connectivity index (χ0v) is 25.0. The minimum Gasteiger partial charge on any atom is -0.380 e. The number of aliphatic hydroxyl groups is 1. The van der Waals surface area contributed by atoms with Crippen LogP contribution < -0.4 is 16.6 Å². The van der Waals surface area contributed by atoms with E-state index < -0.39 is 28.7 Å². The van der Waals surface area contributed by atoms with Crippen LogP contribution in [0.2, 0.25) is 0 Å². The first-order chi connectivity index (χ1) is 21.8. The normalized spacial score (nSPS) is 21.5. The third-order valence-corrected chi connectivity index (χ3v) is 9.37. The molecule has 0 atom stereocenters. The van der Waals surface area contributed by atoms with Crippen molar-refractivity contribution < 1.29 is 19.0 Å². The maximum absolute atomic E-state index is 14.5. The molecular formula is C34H36FN5O5. The Labute approximate surface area is 259 Å². The van der Waals surface area contributed by atoms with E-state index in [1.165, 1.54) is 9.13 Å². The lowest BCUT2D eigenvalue weighted by Gasteiger charge is -2.31. The topological polar surface area (TPSA) is 119 Å². The summed E-state index contributed by atoms with van der Waals surface area (Å²) >= 11 is 0. The second kappa shape index (κ2) is 12.0. The molecule has 1 saturated heterocycles. The molecule has 2 N–H and O–H groups in total. The highest BCUT2D eigenvalue weighted by Gasteiger charge is 2.48. The van der Waals surface area contributed by atoms with Gasteiger partial charge in [-0.05, 0) is 73.4 Å². The molecule has 2 aliphatic carbocycles. The Balaban J connectivity index is 1.25. The van der Waals surface area contributed by atoms with Gasteiger partial charge in [0.1, 0.15) is 11.4 Å². The fourth-order valence-electron chi connectivity index (χ4n) is 6.63. The van der Waals surface area contributed by atoms with E-state index in [2.05, 4.69) is 27.3 Å². The van der Waals surface area contributed by atoms with Gasteiger partial charge < -0.3 is 15.2 Å². The van der Waals surface area contributed by atoms with Gasteiger partial charge in [-0.15, -0.1) is 0 Å². The van der Waals surface area contributed by atoms with E-state index in [4.69, 9.17) is 4.74 Å². The first-order valence-electron chi connectivity index (χ1n) is 15.7. The average Bonchev–Trinajstić information content (AvgIpc) is 3.82. The van der Waals surface area contributed by atoms with Gasteiger partial charge in [0.15, 0.2) is 5.65 Å². The molecule has 3 heterocycles. The Morgan fingerprint density at radius 1 is 1.02 bits per heavy atom. The van der Waals surface area contributed by atoms with Gasteiger partial charge in [0, 0.05) is 31.7 Å². The van der Waals surface area contributed by atoms with Gasteiger partial charge in [-0.25, -0.2) is 18.7 Å². The number of hydrogen-bond acceptors (Lipinski definition) is 7. The molecule has 3 fully saturated rings. The van der Waals surface area contributed by atoms with E-state index in [9.17, 15) is 23.9 Å². The van der Waals surface area contributed by atoms with Crippen LogP contribution in [0.1, 0.15) is 50.1 Å². The minimum atomic E-state index is -1.26. The largest absolute Gasteiger partial charge is 0.380 e. The summed E-state index contributed by atoms with van der Waals surface area (Å²) in [4.78, 5) is 46.9. The molecule has 2 aromatic heterocycles. The Morgan fingerprint density at radius 3 is 2.53 bits per heavy atom. The lowest BCUT2D eigenvalue weighted by molar-refractivity contribution is -0.132. The molecule has 11 heteroatoms. The number of aromatic nitrogens is 3. The van der Waals surface area contributed by atoms with Crippen LogP contribution in [0.25, 0.3) is 27.8 Å². The van der Waals surface area contributed by atoms with E-state index in [0.29, 0.717) is 57.4 Å². The molecule has 234 valence electrons. The van der Waals surface area contributed by atoms with E-state index in [1.807, 2.05) is 30.3 Å². The Morgan fingerprint density at radius 2 is 1.78 bits per heavy atom. The maximum atomic E-state index is 14.5. The number of benzene rings is 2. The highest BCUT2D eigenvalue weighted by atomic mass is 19.1. The molecule has 45 heavy (non-hydrogen) atoms. The van der Waals surface area contributed by atoms with Gasteiger partial charge in [0.25, 0.3) is 11.5 Å². The maximum Gasteiger partial charge on any atom is 0.337 e. The van der Waals surface area contributed by atoms with E-state index in [0.717, 1.165) is 48.6 Å². The molecule has 0 bridgehead atoms. The number of carbonyl (C=O) groups excluding carboxylic acids is 1. The number of fused-ring (bicyclic) bond motifs is 1. The lowest BCUT2D eigenvalue weighted by Crippen LogP contribution is -2.47. The van der Waals surface area contributed by atoms with Crippen molar-refractivity contribution in [2.24, 2.45) is 0 Å². The monoisotopic (exact) mass is 613 g/mol. The number of carbonyl (C=O) groups is 1. The van der Waals surface area contributed by atoms with Crippen LogP contribution in [0.4, 0.5) is 4.39 Å². The average molecular weight is 614 g/mol. The van der Waals surface area contributed by atoms with Gasteiger partial charge >= 0.3 is 5.69 Å². The zero-order chi connectivity index (χ0) is 31.1. The number of halogens is 1. The number of amides is 1. The predicted molar refractivity (Wildman–Crippen MR) is 167 cm³/mol. The number of hydrogen-bond donors (Lipinski definition) is 2. The van der Waals surface area contributed by atoms with Crippen LogP contribution in [0.3, 0.4) is 0 Å². The third kappa shape index (κ3) is 5.83. The van der Waals surface area contributed by atoms with Crippen LogP contribution in [0, 0.1) is 5.82 Å². The molecule has 3 aliphatic rings. The predicted octanol–water partition coefficient (Wildman–Crippen LogP) is 3.31. The number of pyridine rings is 1. The van der Waals surface area contributed by atoms with Crippen LogP contribution in [0.5, 0.6) is 0 Å². The summed E-state index contributed by atoms with van der Waals surface area (Å²) in [5.74, 6) is -1.02. The highest BCUT2D eigenvalue weighted by Crippen LogP contribution is 2.36. The molecule has 2 aromatic carbocycles. The Bertz CT molecular complexity index is 1870. The molecule has 0 unspecified atom stereocenters. The standard InChI is InChI=1S/C34H36FN5O5/c35-24-19-29-30(36-20-24)39(33(43)40(31(29)41)26-10-8-25(9-11-26)37-32(42)34(44)12-13-34)27-6-3-5-22(18-27)28-7-2-1-4-23(28)21-38-14-16-45-17-15-38/h1-7,18-20,25-26,44H,8-17,21H2,(H,37,42). The van der Waals surface area contributed by atoms with Gasteiger partial charge in [-0.3, -0.25) is 19.1 Å². The number of nitrogens with zero attached hydrogens (tertiary/aromatic N) is 4. The first kappa shape index (κ1) is 29.5. The van der Waals surface area contributed by atoms with Crippen LogP contribution in [-0.4, -0.2) is 68.0 Å². The SMILES string of the molecule is O=C(NC1CCC(n2c(=O)c3cc(F)cnc3n(-c3cccc(-c4ccccc4CN4CCOCC4)c3)c2=O)CC1)C1(O)CC1. The summed E-state index contributed by atoms with van der Waals surface area (Å²) in [5, 5.41) is 13.1. The Hall–Kier alpha value is -4.19. The molecular weight excluding hydrogens is 577 g/mol. The smallest absolute Gasteiger partial charge is 0.337 e. The molecule has 0 radical (unpaired) electrons. The summed E-state index contributed by atoms with van der Waals surface area (Å²) in [6, 6.07) is 16.3.